The van der Waals surface area contributed by atoms with Crippen molar-refractivity contribution in [3.05, 3.63) is 34.9 Å². The highest BCUT2D eigenvalue weighted by molar-refractivity contribution is 6.05. The van der Waals surface area contributed by atoms with Gasteiger partial charge in [0, 0.05) is 37.7 Å². The molecule has 7 heteroatoms. The van der Waals surface area contributed by atoms with Crippen LogP contribution < -0.4 is 16.0 Å². The van der Waals surface area contributed by atoms with E-state index in [9.17, 15) is 14.4 Å². The average Bonchev–Trinajstić information content (AvgIpc) is 2.97. The van der Waals surface area contributed by atoms with Crippen molar-refractivity contribution in [2.75, 3.05) is 13.1 Å². The Hall–Kier alpha value is -2.25. The van der Waals surface area contributed by atoms with E-state index in [1.807, 2.05) is 18.2 Å². The van der Waals surface area contributed by atoms with Crippen LogP contribution in [0.2, 0.25) is 0 Å². The molecule has 1 aromatic carbocycles. The Morgan fingerprint density at radius 3 is 2.85 bits per heavy atom. The lowest BCUT2D eigenvalue weighted by molar-refractivity contribution is -0.136. The van der Waals surface area contributed by atoms with E-state index in [4.69, 9.17) is 0 Å². The number of nitrogens with one attached hydrogen (secondary N) is 3. The topological polar surface area (TPSA) is 90.5 Å². The number of imide groups is 1. The first-order valence-corrected chi connectivity index (χ1v) is 9.72. The molecule has 27 heavy (non-hydrogen) atoms. The summed E-state index contributed by atoms with van der Waals surface area (Å²) in [6.45, 7) is 5.41. The smallest absolute Gasteiger partial charge is 0.255 e. The average molecular weight is 370 g/mol. The molecule has 3 atom stereocenters. The van der Waals surface area contributed by atoms with Gasteiger partial charge in [-0.05, 0) is 42.5 Å². The van der Waals surface area contributed by atoms with Gasteiger partial charge in [0.05, 0.1) is 0 Å². The number of hydrogen-bond donors (Lipinski definition) is 3. The summed E-state index contributed by atoms with van der Waals surface area (Å²) >= 11 is 0. The maximum absolute atomic E-state index is 12.9. The highest BCUT2D eigenvalue weighted by atomic mass is 16.2. The minimum Gasteiger partial charge on any atom is -0.322 e. The molecule has 0 aromatic heterocycles. The zero-order chi connectivity index (χ0) is 19.0. The van der Waals surface area contributed by atoms with Crippen molar-refractivity contribution in [1.82, 2.24) is 20.9 Å². The van der Waals surface area contributed by atoms with E-state index in [1.165, 1.54) is 0 Å². The van der Waals surface area contributed by atoms with Crippen molar-refractivity contribution in [2.45, 2.75) is 51.4 Å². The van der Waals surface area contributed by atoms with Gasteiger partial charge in [-0.25, -0.2) is 0 Å². The Balaban J connectivity index is 1.47. The Morgan fingerprint density at radius 1 is 1.22 bits per heavy atom. The molecule has 0 aliphatic carbocycles. The van der Waals surface area contributed by atoms with Crippen molar-refractivity contribution < 1.29 is 14.4 Å². The molecule has 2 fully saturated rings. The molecule has 3 amide bonds. The van der Waals surface area contributed by atoms with E-state index in [1.54, 1.807) is 4.90 Å². The second-order valence-corrected chi connectivity index (χ2v) is 7.92. The monoisotopic (exact) mass is 370 g/mol. The number of benzene rings is 1. The Kier molecular flexibility index (Phi) is 4.97. The van der Waals surface area contributed by atoms with Gasteiger partial charge < -0.3 is 15.5 Å². The van der Waals surface area contributed by atoms with Crippen LogP contribution in [0.1, 0.15) is 47.7 Å². The van der Waals surface area contributed by atoms with Crippen molar-refractivity contribution in [3.63, 3.8) is 0 Å². The maximum Gasteiger partial charge on any atom is 0.255 e. The number of rotatable bonds is 4. The van der Waals surface area contributed by atoms with Gasteiger partial charge in [-0.2, -0.15) is 0 Å². The molecule has 1 aromatic rings. The predicted octanol–water partition coefficient (Wildman–Crippen LogP) is 0.535. The highest BCUT2D eigenvalue weighted by Gasteiger charge is 2.39. The quantitative estimate of drug-likeness (QED) is 0.673. The molecule has 0 bridgehead atoms. The lowest BCUT2D eigenvalue weighted by Crippen LogP contribution is -2.52. The molecule has 4 rings (SSSR count). The van der Waals surface area contributed by atoms with Gasteiger partial charge in [0.25, 0.3) is 5.91 Å². The zero-order valence-corrected chi connectivity index (χ0v) is 15.6. The predicted molar refractivity (Wildman–Crippen MR) is 99.8 cm³/mol. The molecule has 2 saturated heterocycles. The molecule has 1 unspecified atom stereocenters. The molecular formula is C20H26N4O3. The van der Waals surface area contributed by atoms with Gasteiger partial charge in [-0.3, -0.25) is 19.7 Å². The summed E-state index contributed by atoms with van der Waals surface area (Å²) < 4.78 is 0. The second-order valence-electron chi connectivity index (χ2n) is 7.92. The van der Waals surface area contributed by atoms with Gasteiger partial charge in [0.15, 0.2) is 0 Å². The van der Waals surface area contributed by atoms with E-state index < -0.39 is 6.04 Å². The van der Waals surface area contributed by atoms with Crippen LogP contribution in [0.3, 0.4) is 0 Å². The van der Waals surface area contributed by atoms with E-state index in [0.717, 1.165) is 30.6 Å². The third-order valence-corrected chi connectivity index (χ3v) is 5.83. The fraction of sp³-hybridized carbons (Fsp3) is 0.550. The molecule has 0 radical (unpaired) electrons. The van der Waals surface area contributed by atoms with Crippen LogP contribution in [0, 0.1) is 5.92 Å². The van der Waals surface area contributed by atoms with Crippen LogP contribution in [-0.4, -0.2) is 47.8 Å². The van der Waals surface area contributed by atoms with E-state index in [-0.39, 0.29) is 24.1 Å². The van der Waals surface area contributed by atoms with Crippen molar-refractivity contribution in [1.29, 1.82) is 0 Å². The fourth-order valence-electron chi connectivity index (χ4n) is 4.38. The van der Waals surface area contributed by atoms with Gasteiger partial charge >= 0.3 is 0 Å². The van der Waals surface area contributed by atoms with Crippen molar-refractivity contribution in [3.8, 4) is 0 Å². The third kappa shape index (κ3) is 3.61. The summed E-state index contributed by atoms with van der Waals surface area (Å²) in [6, 6.07) is 5.65. The van der Waals surface area contributed by atoms with Crippen LogP contribution in [0.25, 0.3) is 0 Å². The first kappa shape index (κ1) is 18.1. The first-order chi connectivity index (χ1) is 13.0. The molecular weight excluding hydrogens is 344 g/mol. The second kappa shape index (κ2) is 7.40. The largest absolute Gasteiger partial charge is 0.322 e. The SMILES string of the molecule is C[C@@H]1CNC[C@@H](NCc2cccc3c2CN(C2CCC(=O)NC2=O)C3=O)C1. The molecule has 144 valence electrons. The number of amides is 3. The molecule has 3 heterocycles. The molecule has 7 nitrogen and oxygen atoms in total. The Morgan fingerprint density at radius 2 is 2.07 bits per heavy atom. The van der Waals surface area contributed by atoms with Crippen molar-refractivity contribution in [2.24, 2.45) is 5.92 Å². The van der Waals surface area contributed by atoms with E-state index in [0.29, 0.717) is 37.0 Å². The van der Waals surface area contributed by atoms with Crippen LogP contribution in [-0.2, 0) is 22.7 Å². The number of hydrogen-bond acceptors (Lipinski definition) is 5. The van der Waals surface area contributed by atoms with E-state index >= 15 is 0 Å². The van der Waals surface area contributed by atoms with Gasteiger partial charge in [0.2, 0.25) is 11.8 Å². The lowest BCUT2D eigenvalue weighted by atomic mass is 9.97. The molecule has 3 aliphatic heterocycles. The minimum atomic E-state index is -0.563. The highest BCUT2D eigenvalue weighted by Crippen LogP contribution is 2.30. The summed E-state index contributed by atoms with van der Waals surface area (Å²) in [5, 5.41) is 9.40. The number of carbonyl (C=O) groups is 3. The van der Waals surface area contributed by atoms with E-state index in [2.05, 4.69) is 22.9 Å². The fourth-order valence-corrected chi connectivity index (χ4v) is 4.38. The van der Waals surface area contributed by atoms with Crippen LogP contribution in [0.5, 0.6) is 0 Å². The van der Waals surface area contributed by atoms with Gasteiger partial charge in [0.1, 0.15) is 6.04 Å². The standard InChI is InChI=1S/C20H26N4O3/c1-12-7-14(10-21-8-12)22-9-13-3-2-4-15-16(13)11-24(20(15)27)17-5-6-18(25)23-19(17)26/h2-4,12,14,17,21-22H,5-11H2,1H3,(H,23,25,26)/t12-,14-,17?/m0/s1. The molecule has 3 aliphatic rings. The molecule has 0 saturated carbocycles. The summed E-state index contributed by atoms with van der Waals surface area (Å²) in [4.78, 5) is 38.1. The minimum absolute atomic E-state index is 0.116. The summed E-state index contributed by atoms with van der Waals surface area (Å²) in [5.74, 6) is -0.0911. The number of fused-ring (bicyclic) bond motifs is 1. The summed E-state index contributed by atoms with van der Waals surface area (Å²) in [7, 11) is 0. The van der Waals surface area contributed by atoms with Crippen molar-refractivity contribution >= 4 is 17.7 Å². The Labute approximate surface area is 158 Å². The number of carbonyl (C=O) groups excluding carboxylic acids is 3. The van der Waals surface area contributed by atoms with Gasteiger partial charge in [-0.1, -0.05) is 19.1 Å². The lowest BCUT2D eigenvalue weighted by Gasteiger charge is -2.29. The van der Waals surface area contributed by atoms with Crippen LogP contribution in [0.4, 0.5) is 0 Å². The Bertz CT molecular complexity index is 778. The van der Waals surface area contributed by atoms with Crippen LogP contribution in [0.15, 0.2) is 18.2 Å². The molecule has 0 spiro atoms. The molecule has 3 N–H and O–H groups in total. The normalized spacial score (nSPS) is 28.3. The number of nitrogens with zero attached hydrogens (tertiary/aromatic N) is 1. The third-order valence-electron chi connectivity index (χ3n) is 5.83. The first-order valence-electron chi connectivity index (χ1n) is 9.72. The number of piperidine rings is 2. The van der Waals surface area contributed by atoms with Gasteiger partial charge in [-0.15, -0.1) is 0 Å². The summed E-state index contributed by atoms with van der Waals surface area (Å²) in [5.41, 5.74) is 2.78. The summed E-state index contributed by atoms with van der Waals surface area (Å²) in [6.07, 6.45) is 1.81. The maximum atomic E-state index is 12.9. The van der Waals surface area contributed by atoms with Crippen LogP contribution >= 0.6 is 0 Å². The zero-order valence-electron chi connectivity index (χ0n) is 15.6.